The van der Waals surface area contributed by atoms with Crippen molar-refractivity contribution in [3.05, 3.63) is 52.5 Å². The molecule has 0 aromatic heterocycles. The molecule has 2 fully saturated rings. The third-order valence-electron chi connectivity index (χ3n) is 6.68. The predicted octanol–water partition coefficient (Wildman–Crippen LogP) is 4.24. The van der Waals surface area contributed by atoms with E-state index in [1.165, 1.54) is 5.56 Å². The maximum absolute atomic E-state index is 13.0. The van der Waals surface area contributed by atoms with Crippen LogP contribution in [-0.2, 0) is 9.59 Å². The van der Waals surface area contributed by atoms with E-state index >= 15 is 0 Å². The third kappa shape index (κ3) is 3.10. The molecule has 1 amide bonds. The van der Waals surface area contributed by atoms with Crippen molar-refractivity contribution in [2.75, 3.05) is 13.1 Å². The first kappa shape index (κ1) is 18.0. The lowest BCUT2D eigenvalue weighted by molar-refractivity contribution is -0.138. The maximum atomic E-state index is 13.0. The maximum Gasteiger partial charge on any atom is 0.379 e. The highest BCUT2D eigenvalue weighted by Crippen LogP contribution is 2.49. The molecule has 140 valence electrons. The Balaban J connectivity index is 1.43. The van der Waals surface area contributed by atoms with Crippen molar-refractivity contribution in [1.82, 2.24) is 4.90 Å². The molecule has 1 aromatic carbocycles. The molecule has 2 aliphatic carbocycles. The number of hydrogen-bond donors (Lipinski definition) is 0. The van der Waals surface area contributed by atoms with E-state index in [2.05, 4.69) is 29.1 Å². The number of benzene rings is 1. The zero-order chi connectivity index (χ0) is 19.2. The lowest BCUT2D eigenvalue weighted by Crippen LogP contribution is -2.43. The molecular formula is C23H27N2O2+. The van der Waals surface area contributed by atoms with Crippen LogP contribution in [0.15, 0.2) is 42.1 Å². The number of nitrogens with zero attached hydrogens (tertiary/aromatic N) is 2. The number of amides is 1. The Bertz CT molecular complexity index is 843. The second kappa shape index (κ2) is 6.34. The quantitative estimate of drug-likeness (QED) is 0.788. The zero-order valence-corrected chi connectivity index (χ0v) is 16.1. The number of likely N-dealkylation sites (tertiary alicyclic amines) is 1. The zero-order valence-electron chi connectivity index (χ0n) is 16.1. The van der Waals surface area contributed by atoms with Crippen LogP contribution >= 0.6 is 0 Å². The van der Waals surface area contributed by atoms with Crippen molar-refractivity contribution >= 4 is 11.7 Å². The van der Waals surface area contributed by atoms with Crippen molar-refractivity contribution in [2.45, 2.75) is 45.4 Å². The van der Waals surface area contributed by atoms with Crippen molar-refractivity contribution < 1.29 is 9.59 Å². The van der Waals surface area contributed by atoms with Crippen LogP contribution in [-0.4, -0.2) is 29.7 Å². The van der Waals surface area contributed by atoms with Crippen molar-refractivity contribution in [1.29, 1.82) is 0 Å². The van der Waals surface area contributed by atoms with Gasteiger partial charge in [-0.2, -0.15) is 0 Å². The minimum Gasteiger partial charge on any atom is -0.342 e. The van der Waals surface area contributed by atoms with E-state index in [-0.39, 0.29) is 23.0 Å². The molecule has 1 atom stereocenters. The Morgan fingerprint density at radius 3 is 2.59 bits per heavy atom. The first-order valence-corrected chi connectivity index (χ1v) is 9.86. The smallest absolute Gasteiger partial charge is 0.342 e. The van der Waals surface area contributed by atoms with Crippen LogP contribution in [0.5, 0.6) is 0 Å². The van der Waals surface area contributed by atoms with Crippen LogP contribution < -0.4 is 0 Å². The van der Waals surface area contributed by atoms with Gasteiger partial charge in [0.1, 0.15) is 0 Å². The van der Waals surface area contributed by atoms with E-state index in [4.69, 9.17) is 6.57 Å². The number of rotatable bonds is 2. The highest BCUT2D eigenvalue weighted by molar-refractivity contribution is 6.02. The summed E-state index contributed by atoms with van der Waals surface area (Å²) in [6.45, 7) is 10.8. The fourth-order valence-electron chi connectivity index (χ4n) is 5.23. The minimum atomic E-state index is -0.485. The van der Waals surface area contributed by atoms with E-state index in [0.29, 0.717) is 18.2 Å². The summed E-state index contributed by atoms with van der Waals surface area (Å²) < 4.78 is 0. The summed E-state index contributed by atoms with van der Waals surface area (Å²) in [4.78, 5) is 31.2. The largest absolute Gasteiger partial charge is 0.379 e. The van der Waals surface area contributed by atoms with Crippen LogP contribution in [0.1, 0.15) is 51.0 Å². The van der Waals surface area contributed by atoms with E-state index in [1.54, 1.807) is 0 Å². The van der Waals surface area contributed by atoms with E-state index < -0.39 is 5.41 Å². The van der Waals surface area contributed by atoms with Gasteiger partial charge >= 0.3 is 5.70 Å². The Kier molecular flexibility index (Phi) is 4.22. The molecule has 4 nitrogen and oxygen atoms in total. The molecule has 1 heterocycles. The molecule has 1 saturated heterocycles. The average molecular weight is 363 g/mol. The van der Waals surface area contributed by atoms with Gasteiger partial charge in [-0.1, -0.05) is 44.2 Å². The SMILES string of the molecule is C#[N+]C1=C[C@]2(CCN(C(=O)C3CC(c4ccccc4)C3)C2)CC(C)(C)C1=O. The van der Waals surface area contributed by atoms with Crippen LogP contribution in [0.2, 0.25) is 0 Å². The molecule has 0 N–H and O–H groups in total. The van der Waals surface area contributed by atoms with Crippen molar-refractivity contribution in [3.8, 4) is 6.57 Å². The monoisotopic (exact) mass is 363 g/mol. The summed E-state index contributed by atoms with van der Waals surface area (Å²) in [6, 6.07) is 10.5. The average Bonchev–Trinajstić information content (AvgIpc) is 3.01. The molecular weight excluding hydrogens is 336 g/mol. The Hall–Kier alpha value is -2.41. The van der Waals surface area contributed by atoms with Gasteiger partial charge in [-0.05, 0) is 42.0 Å². The molecule has 0 radical (unpaired) electrons. The minimum absolute atomic E-state index is 0.00472. The summed E-state index contributed by atoms with van der Waals surface area (Å²) in [6.07, 6.45) is 5.44. The lowest BCUT2D eigenvalue weighted by Gasteiger charge is -2.38. The molecule has 1 aromatic rings. The van der Waals surface area contributed by atoms with E-state index in [0.717, 1.165) is 32.2 Å². The third-order valence-corrected chi connectivity index (χ3v) is 6.68. The number of carbonyl (C=O) groups excluding carboxylic acids is 2. The summed E-state index contributed by atoms with van der Waals surface area (Å²) in [5.41, 5.74) is 1.05. The molecule has 4 heteroatoms. The van der Waals surface area contributed by atoms with Gasteiger partial charge in [0.15, 0.2) is 0 Å². The van der Waals surface area contributed by atoms with Crippen LogP contribution in [0, 0.1) is 23.3 Å². The lowest BCUT2D eigenvalue weighted by atomic mass is 9.65. The highest BCUT2D eigenvalue weighted by atomic mass is 16.2. The number of ketones is 1. The Morgan fingerprint density at radius 1 is 1.22 bits per heavy atom. The normalized spacial score (nSPS) is 32.0. The van der Waals surface area contributed by atoms with Gasteiger partial charge in [-0.3, -0.25) is 9.59 Å². The fraction of sp³-hybridized carbons (Fsp3) is 0.522. The molecule has 1 aliphatic heterocycles. The van der Waals surface area contributed by atoms with E-state index in [1.807, 2.05) is 30.9 Å². The molecule has 27 heavy (non-hydrogen) atoms. The second-order valence-electron chi connectivity index (χ2n) is 9.20. The molecule has 0 bridgehead atoms. The van der Waals surface area contributed by atoms with Gasteiger partial charge in [0.25, 0.3) is 12.4 Å². The van der Waals surface area contributed by atoms with E-state index in [9.17, 15) is 9.59 Å². The van der Waals surface area contributed by atoms with Crippen LogP contribution in [0.4, 0.5) is 0 Å². The number of Topliss-reactive ketones (excluding diaryl/α,β-unsaturated/α-hetero) is 1. The second-order valence-corrected chi connectivity index (χ2v) is 9.20. The van der Waals surface area contributed by atoms with Gasteiger partial charge in [0, 0.05) is 35.9 Å². The number of allylic oxidation sites excluding steroid dienone is 1. The summed E-state index contributed by atoms with van der Waals surface area (Å²) in [5.74, 6) is 0.912. The summed E-state index contributed by atoms with van der Waals surface area (Å²) in [7, 11) is 0. The van der Waals surface area contributed by atoms with Crippen molar-refractivity contribution in [3.63, 3.8) is 0 Å². The molecule has 0 unspecified atom stereocenters. The summed E-state index contributed by atoms with van der Waals surface area (Å²) in [5, 5.41) is 0. The topological polar surface area (TPSA) is 41.7 Å². The Labute approximate surface area is 161 Å². The van der Waals surface area contributed by atoms with Gasteiger partial charge in [-0.25, -0.2) is 0 Å². The Morgan fingerprint density at radius 2 is 1.93 bits per heavy atom. The van der Waals surface area contributed by atoms with Gasteiger partial charge in [0.05, 0.1) is 0 Å². The van der Waals surface area contributed by atoms with Crippen molar-refractivity contribution in [2.24, 2.45) is 16.7 Å². The fourth-order valence-corrected chi connectivity index (χ4v) is 5.23. The van der Waals surface area contributed by atoms with Gasteiger partial charge in [0.2, 0.25) is 5.91 Å². The molecule has 4 rings (SSSR count). The first-order valence-electron chi connectivity index (χ1n) is 9.86. The van der Waals surface area contributed by atoms with Crippen LogP contribution in [0.3, 0.4) is 0 Å². The standard InChI is InChI=1S/C23H27N2O2/c1-22(2)14-23(13-19(24-3)20(22)26)9-10-25(15-23)21(27)18-11-17(12-18)16-7-5-4-6-8-16/h3-8,13,17-18H,9-12,14-15H2,1-2H3/q+1/t17?,18?,23-/m1/s1. The number of hydrogen-bond acceptors (Lipinski definition) is 2. The van der Waals surface area contributed by atoms with Crippen LogP contribution in [0.25, 0.3) is 4.85 Å². The molecule has 1 spiro atoms. The highest BCUT2D eigenvalue weighted by Gasteiger charge is 2.53. The van der Waals surface area contributed by atoms with Gasteiger partial charge in [-0.15, -0.1) is 0 Å². The molecule has 1 saturated carbocycles. The number of carbonyl (C=O) groups is 2. The first-order chi connectivity index (χ1) is 12.8. The van der Waals surface area contributed by atoms with Gasteiger partial charge < -0.3 is 4.90 Å². The summed E-state index contributed by atoms with van der Waals surface area (Å²) >= 11 is 0. The predicted molar refractivity (Wildman–Crippen MR) is 105 cm³/mol. The molecule has 3 aliphatic rings.